The highest BCUT2D eigenvalue weighted by molar-refractivity contribution is 6.07. The first kappa shape index (κ1) is 26.8. The Labute approximate surface area is 173 Å². The van der Waals surface area contributed by atoms with Crippen molar-refractivity contribution >= 4 is 17.5 Å². The maximum atomic E-state index is 12.5. The van der Waals surface area contributed by atoms with Gasteiger partial charge in [-0.3, -0.25) is 14.4 Å². The smallest absolute Gasteiger partial charge is 0.316 e. The molecule has 0 spiro atoms. The summed E-state index contributed by atoms with van der Waals surface area (Å²) in [5.74, 6) is -1.50. The molecule has 0 aromatic heterocycles. The Balaban J connectivity index is 4.06. The maximum absolute atomic E-state index is 12.5. The zero-order valence-corrected chi connectivity index (χ0v) is 18.7. The Hall–Kier alpha value is -1.19. The lowest BCUT2D eigenvalue weighted by molar-refractivity contribution is -0.152. The van der Waals surface area contributed by atoms with Crippen molar-refractivity contribution in [1.29, 1.82) is 0 Å². The third-order valence-corrected chi connectivity index (χ3v) is 5.24. The van der Waals surface area contributed by atoms with E-state index in [1.807, 2.05) is 0 Å². The summed E-state index contributed by atoms with van der Waals surface area (Å²) in [5.41, 5.74) is 0. The minimum Gasteiger partial charge on any atom is -0.465 e. The van der Waals surface area contributed by atoms with E-state index in [1.165, 1.54) is 38.5 Å². The Kier molecular flexibility index (Phi) is 18.3. The summed E-state index contributed by atoms with van der Waals surface area (Å²) in [4.78, 5) is 36.7. The number of ketones is 2. The number of ether oxygens (including phenoxy) is 1. The van der Waals surface area contributed by atoms with Gasteiger partial charge in [0.05, 0.1) is 13.0 Å². The summed E-state index contributed by atoms with van der Waals surface area (Å²) in [6, 6.07) is 0. The summed E-state index contributed by atoms with van der Waals surface area (Å²) in [6.07, 6.45) is 15.7. The average Bonchev–Trinajstić information content (AvgIpc) is 2.66. The number of carbonyl (C=O) groups excluding carboxylic acids is 3. The lowest BCUT2D eigenvalue weighted by Gasteiger charge is -2.14. The van der Waals surface area contributed by atoms with E-state index >= 15 is 0 Å². The van der Waals surface area contributed by atoms with Crippen molar-refractivity contribution in [1.82, 2.24) is 0 Å². The van der Waals surface area contributed by atoms with Gasteiger partial charge in [-0.15, -0.1) is 0 Å². The standard InChI is InChI=1S/C24H44O4/c1-4-7-9-11-12-13-14-15-16-18-21(25)20-23(26)22(24(27)28-6-3)19-17-10-8-5-2/h22H,4-20H2,1-3H3. The van der Waals surface area contributed by atoms with Crippen molar-refractivity contribution in [3.63, 3.8) is 0 Å². The van der Waals surface area contributed by atoms with Gasteiger partial charge in [0.1, 0.15) is 11.7 Å². The Morgan fingerprint density at radius 3 is 1.71 bits per heavy atom. The molecule has 0 saturated heterocycles. The first-order valence-electron chi connectivity index (χ1n) is 11.8. The quantitative estimate of drug-likeness (QED) is 0.132. The lowest BCUT2D eigenvalue weighted by atomic mass is 9.92. The van der Waals surface area contributed by atoms with E-state index in [0.717, 1.165) is 44.9 Å². The van der Waals surface area contributed by atoms with E-state index in [1.54, 1.807) is 6.92 Å². The zero-order valence-electron chi connectivity index (χ0n) is 18.7. The van der Waals surface area contributed by atoms with Crippen LogP contribution in [0.1, 0.15) is 124 Å². The molecule has 0 aliphatic heterocycles. The first-order valence-corrected chi connectivity index (χ1v) is 11.8. The van der Waals surface area contributed by atoms with E-state index in [9.17, 15) is 14.4 Å². The molecule has 0 radical (unpaired) electrons. The molecule has 0 aromatic carbocycles. The Morgan fingerprint density at radius 1 is 0.679 bits per heavy atom. The van der Waals surface area contributed by atoms with Gasteiger partial charge in [0.25, 0.3) is 0 Å². The second kappa shape index (κ2) is 19.1. The molecule has 4 heteroatoms. The van der Waals surface area contributed by atoms with Crippen LogP contribution in [0.25, 0.3) is 0 Å². The molecule has 4 nitrogen and oxygen atoms in total. The highest BCUT2D eigenvalue weighted by atomic mass is 16.5. The number of carbonyl (C=O) groups is 3. The topological polar surface area (TPSA) is 60.4 Å². The van der Waals surface area contributed by atoms with Gasteiger partial charge in [-0.2, -0.15) is 0 Å². The van der Waals surface area contributed by atoms with Crippen LogP contribution in [-0.4, -0.2) is 24.1 Å². The van der Waals surface area contributed by atoms with Crippen molar-refractivity contribution < 1.29 is 19.1 Å². The molecular formula is C24H44O4. The molecule has 0 fully saturated rings. The SMILES string of the molecule is CCCCCCCCCCCC(=O)CC(=O)C(CCCCCC)C(=O)OCC. The number of Topliss-reactive ketones (excluding diaryl/α,β-unsaturated/α-hetero) is 2. The van der Waals surface area contributed by atoms with Crippen LogP contribution in [0.4, 0.5) is 0 Å². The highest BCUT2D eigenvalue weighted by Gasteiger charge is 2.28. The second-order valence-electron chi connectivity index (χ2n) is 7.91. The molecule has 0 aliphatic carbocycles. The molecule has 0 aromatic rings. The van der Waals surface area contributed by atoms with Crippen LogP contribution in [0.5, 0.6) is 0 Å². The van der Waals surface area contributed by atoms with Crippen LogP contribution in [0.15, 0.2) is 0 Å². The van der Waals surface area contributed by atoms with Crippen LogP contribution in [-0.2, 0) is 19.1 Å². The van der Waals surface area contributed by atoms with Gasteiger partial charge in [0.2, 0.25) is 0 Å². The van der Waals surface area contributed by atoms with E-state index in [0.29, 0.717) is 12.8 Å². The molecule has 0 amide bonds. The van der Waals surface area contributed by atoms with Crippen LogP contribution in [0.2, 0.25) is 0 Å². The Morgan fingerprint density at radius 2 is 1.18 bits per heavy atom. The third-order valence-electron chi connectivity index (χ3n) is 5.24. The summed E-state index contributed by atoms with van der Waals surface area (Å²) in [6.45, 7) is 6.36. The van der Waals surface area contributed by atoms with Gasteiger partial charge in [0, 0.05) is 6.42 Å². The summed E-state index contributed by atoms with van der Waals surface area (Å²) >= 11 is 0. The van der Waals surface area contributed by atoms with E-state index < -0.39 is 11.9 Å². The molecule has 0 N–H and O–H groups in total. The predicted octanol–water partition coefficient (Wildman–Crippen LogP) is 6.59. The molecule has 1 atom stereocenters. The molecule has 0 aliphatic rings. The molecular weight excluding hydrogens is 352 g/mol. The van der Waals surface area contributed by atoms with Gasteiger partial charge in [-0.25, -0.2) is 0 Å². The molecule has 0 heterocycles. The van der Waals surface area contributed by atoms with Crippen LogP contribution < -0.4 is 0 Å². The number of hydrogen-bond acceptors (Lipinski definition) is 4. The molecule has 1 unspecified atom stereocenters. The normalized spacial score (nSPS) is 12.0. The fraction of sp³-hybridized carbons (Fsp3) is 0.875. The fourth-order valence-electron chi connectivity index (χ4n) is 3.47. The molecule has 0 saturated carbocycles. The van der Waals surface area contributed by atoms with Crippen LogP contribution in [0, 0.1) is 5.92 Å². The van der Waals surface area contributed by atoms with E-state index in [4.69, 9.17) is 4.74 Å². The average molecular weight is 397 g/mol. The first-order chi connectivity index (χ1) is 13.6. The van der Waals surface area contributed by atoms with Gasteiger partial charge in [-0.1, -0.05) is 90.9 Å². The van der Waals surface area contributed by atoms with Crippen molar-refractivity contribution in [3.8, 4) is 0 Å². The van der Waals surface area contributed by atoms with Gasteiger partial charge in [-0.05, 0) is 19.8 Å². The predicted molar refractivity (Wildman–Crippen MR) is 115 cm³/mol. The largest absolute Gasteiger partial charge is 0.465 e. The maximum Gasteiger partial charge on any atom is 0.316 e. The second-order valence-corrected chi connectivity index (χ2v) is 7.91. The van der Waals surface area contributed by atoms with Gasteiger partial charge in [0.15, 0.2) is 5.78 Å². The number of hydrogen-bond donors (Lipinski definition) is 0. The molecule has 28 heavy (non-hydrogen) atoms. The zero-order chi connectivity index (χ0) is 21.0. The van der Waals surface area contributed by atoms with Crippen molar-refractivity contribution in [2.45, 2.75) is 124 Å². The van der Waals surface area contributed by atoms with E-state index in [2.05, 4.69) is 13.8 Å². The Bertz CT molecular complexity index is 417. The monoisotopic (exact) mass is 396 g/mol. The van der Waals surface area contributed by atoms with Gasteiger partial charge >= 0.3 is 5.97 Å². The minimum absolute atomic E-state index is 0.0317. The number of rotatable bonds is 20. The number of esters is 1. The molecule has 0 bridgehead atoms. The van der Waals surface area contributed by atoms with Crippen LogP contribution >= 0.6 is 0 Å². The summed E-state index contributed by atoms with van der Waals surface area (Å²) in [5, 5.41) is 0. The van der Waals surface area contributed by atoms with E-state index in [-0.39, 0.29) is 24.6 Å². The van der Waals surface area contributed by atoms with Gasteiger partial charge < -0.3 is 4.74 Å². The van der Waals surface area contributed by atoms with Crippen molar-refractivity contribution in [2.24, 2.45) is 5.92 Å². The lowest BCUT2D eigenvalue weighted by Crippen LogP contribution is -2.28. The van der Waals surface area contributed by atoms with Crippen molar-refractivity contribution in [2.75, 3.05) is 6.61 Å². The molecule has 164 valence electrons. The fourth-order valence-corrected chi connectivity index (χ4v) is 3.47. The summed E-state index contributed by atoms with van der Waals surface area (Å²) < 4.78 is 5.05. The highest BCUT2D eigenvalue weighted by Crippen LogP contribution is 2.17. The minimum atomic E-state index is -0.760. The summed E-state index contributed by atoms with van der Waals surface area (Å²) in [7, 11) is 0. The third kappa shape index (κ3) is 14.8. The van der Waals surface area contributed by atoms with Crippen LogP contribution in [0.3, 0.4) is 0 Å². The molecule has 0 rings (SSSR count). The number of unbranched alkanes of at least 4 members (excludes halogenated alkanes) is 11. The van der Waals surface area contributed by atoms with Crippen molar-refractivity contribution in [3.05, 3.63) is 0 Å².